The van der Waals surface area contributed by atoms with Crippen LogP contribution in [0.25, 0.3) is 0 Å². The summed E-state index contributed by atoms with van der Waals surface area (Å²) in [7, 11) is 0. The van der Waals surface area contributed by atoms with Gasteiger partial charge in [-0.15, -0.1) is 0 Å². The molecule has 0 atom stereocenters. The lowest BCUT2D eigenvalue weighted by atomic mass is 10.2. The minimum absolute atomic E-state index is 0.268. The van der Waals surface area contributed by atoms with Gasteiger partial charge in [-0.25, -0.2) is 9.97 Å². The van der Waals surface area contributed by atoms with Crippen molar-refractivity contribution in [2.45, 2.75) is 26.3 Å². The highest BCUT2D eigenvalue weighted by molar-refractivity contribution is 6.29. The number of phenols is 1. The molecule has 1 aromatic carbocycles. The maximum absolute atomic E-state index is 9.68. The minimum atomic E-state index is 0.268. The maximum Gasteiger partial charge on any atom is 0.134 e. The molecule has 0 amide bonds. The van der Waals surface area contributed by atoms with Gasteiger partial charge in [-0.1, -0.05) is 36.7 Å². The van der Waals surface area contributed by atoms with Crippen molar-refractivity contribution in [2.24, 2.45) is 0 Å². The van der Waals surface area contributed by atoms with Gasteiger partial charge in [0.15, 0.2) is 0 Å². The first-order chi connectivity index (χ1) is 9.19. The first kappa shape index (κ1) is 13.6. The highest BCUT2D eigenvalue weighted by Crippen LogP contribution is 2.18. The Morgan fingerprint density at radius 3 is 2.79 bits per heavy atom. The van der Waals surface area contributed by atoms with E-state index in [2.05, 4.69) is 22.2 Å². The van der Waals surface area contributed by atoms with Gasteiger partial charge in [0.05, 0.1) is 0 Å². The minimum Gasteiger partial charge on any atom is -0.508 e. The van der Waals surface area contributed by atoms with Crippen LogP contribution in [-0.4, -0.2) is 15.1 Å². The number of aromatic hydroxyl groups is 1. The summed E-state index contributed by atoms with van der Waals surface area (Å²) in [4.78, 5) is 8.54. The number of rotatable bonds is 5. The molecular weight excluding hydrogens is 262 g/mol. The second-order valence-electron chi connectivity index (χ2n) is 4.22. The molecule has 5 heteroatoms. The summed E-state index contributed by atoms with van der Waals surface area (Å²) in [6, 6.07) is 8.87. The third kappa shape index (κ3) is 3.83. The summed E-state index contributed by atoms with van der Waals surface area (Å²) in [5.74, 6) is 1.67. The van der Waals surface area contributed by atoms with E-state index < -0.39 is 0 Å². The maximum atomic E-state index is 9.68. The van der Waals surface area contributed by atoms with Gasteiger partial charge < -0.3 is 10.4 Å². The summed E-state index contributed by atoms with van der Waals surface area (Å²) in [6.07, 6.45) is 1.77. The van der Waals surface area contributed by atoms with Gasteiger partial charge in [0.25, 0.3) is 0 Å². The second-order valence-corrected chi connectivity index (χ2v) is 4.61. The van der Waals surface area contributed by atoms with E-state index in [1.54, 1.807) is 18.2 Å². The van der Waals surface area contributed by atoms with E-state index in [0.717, 1.165) is 24.2 Å². The number of benzene rings is 1. The first-order valence-corrected chi connectivity index (χ1v) is 6.61. The van der Waals surface area contributed by atoms with Crippen LogP contribution in [-0.2, 0) is 13.0 Å². The van der Waals surface area contributed by atoms with Crippen molar-refractivity contribution in [1.29, 1.82) is 0 Å². The Balaban J connectivity index is 2.09. The highest BCUT2D eigenvalue weighted by Gasteiger charge is 2.04. The average Bonchev–Trinajstić information content (AvgIpc) is 2.37. The van der Waals surface area contributed by atoms with E-state index in [0.29, 0.717) is 17.5 Å². The molecule has 0 saturated heterocycles. The molecule has 100 valence electrons. The van der Waals surface area contributed by atoms with Crippen LogP contribution in [0.1, 0.15) is 24.7 Å². The van der Waals surface area contributed by atoms with E-state index in [-0.39, 0.29) is 5.75 Å². The Kier molecular flexibility index (Phi) is 4.58. The van der Waals surface area contributed by atoms with E-state index in [1.807, 2.05) is 12.1 Å². The molecule has 19 heavy (non-hydrogen) atoms. The zero-order valence-corrected chi connectivity index (χ0v) is 11.5. The smallest absolute Gasteiger partial charge is 0.134 e. The Hall–Kier alpha value is -1.81. The first-order valence-electron chi connectivity index (χ1n) is 6.23. The molecule has 1 aromatic heterocycles. The van der Waals surface area contributed by atoms with E-state index in [1.165, 1.54) is 0 Å². The summed E-state index contributed by atoms with van der Waals surface area (Å²) in [5.41, 5.74) is 0.814. The SMILES string of the molecule is CCCc1nc(Cl)cc(NCc2ccccc2O)n1. The van der Waals surface area contributed by atoms with Crippen molar-refractivity contribution in [2.75, 3.05) is 5.32 Å². The van der Waals surface area contributed by atoms with Gasteiger partial charge in [-0.2, -0.15) is 0 Å². The molecule has 0 spiro atoms. The van der Waals surface area contributed by atoms with Crippen molar-refractivity contribution in [1.82, 2.24) is 9.97 Å². The molecule has 0 bridgehead atoms. The van der Waals surface area contributed by atoms with Gasteiger partial charge in [-0.3, -0.25) is 0 Å². The van der Waals surface area contributed by atoms with Crippen LogP contribution in [0.5, 0.6) is 5.75 Å². The van der Waals surface area contributed by atoms with Crippen LogP contribution in [0.4, 0.5) is 5.82 Å². The molecule has 0 aliphatic carbocycles. The Morgan fingerprint density at radius 2 is 2.05 bits per heavy atom. The number of hydrogen-bond acceptors (Lipinski definition) is 4. The van der Waals surface area contributed by atoms with Crippen molar-refractivity contribution >= 4 is 17.4 Å². The fourth-order valence-electron chi connectivity index (χ4n) is 1.74. The fraction of sp³-hybridized carbons (Fsp3) is 0.286. The normalized spacial score (nSPS) is 10.4. The van der Waals surface area contributed by atoms with Crippen molar-refractivity contribution in [3.8, 4) is 5.75 Å². The third-order valence-electron chi connectivity index (χ3n) is 2.67. The number of aryl methyl sites for hydroxylation is 1. The molecule has 0 aliphatic rings. The second kappa shape index (κ2) is 6.38. The number of hydrogen-bond donors (Lipinski definition) is 2. The zero-order chi connectivity index (χ0) is 13.7. The number of nitrogens with one attached hydrogen (secondary N) is 1. The summed E-state index contributed by atoms with van der Waals surface area (Å²) >= 11 is 5.96. The lowest BCUT2D eigenvalue weighted by Crippen LogP contribution is -2.04. The van der Waals surface area contributed by atoms with Gasteiger partial charge in [0.1, 0.15) is 22.5 Å². The van der Waals surface area contributed by atoms with Crippen LogP contribution in [0.15, 0.2) is 30.3 Å². The number of anilines is 1. The Morgan fingerprint density at radius 1 is 1.26 bits per heavy atom. The Bertz CT molecular complexity index is 560. The molecule has 0 unspecified atom stereocenters. The zero-order valence-electron chi connectivity index (χ0n) is 10.7. The predicted octanol–water partition coefficient (Wildman–Crippen LogP) is 3.40. The lowest BCUT2D eigenvalue weighted by Gasteiger charge is -2.08. The molecular formula is C14H16ClN3O. The van der Waals surface area contributed by atoms with Crippen LogP contribution in [0, 0.1) is 0 Å². The molecule has 1 heterocycles. The highest BCUT2D eigenvalue weighted by atomic mass is 35.5. The number of aromatic nitrogens is 2. The molecule has 0 fully saturated rings. The van der Waals surface area contributed by atoms with Gasteiger partial charge in [-0.05, 0) is 12.5 Å². The molecule has 4 nitrogen and oxygen atoms in total. The molecule has 0 saturated carbocycles. The monoisotopic (exact) mass is 277 g/mol. The van der Waals surface area contributed by atoms with E-state index in [9.17, 15) is 5.11 Å². The average molecular weight is 278 g/mol. The number of nitrogens with zero attached hydrogens (tertiary/aromatic N) is 2. The number of halogens is 1. The van der Waals surface area contributed by atoms with E-state index in [4.69, 9.17) is 11.6 Å². The molecule has 0 radical (unpaired) electrons. The van der Waals surface area contributed by atoms with Crippen LogP contribution < -0.4 is 5.32 Å². The summed E-state index contributed by atoms with van der Waals surface area (Å²) in [5, 5.41) is 13.3. The number of phenolic OH excluding ortho intramolecular Hbond substituents is 1. The summed E-state index contributed by atoms with van der Waals surface area (Å²) in [6.45, 7) is 2.56. The topological polar surface area (TPSA) is 58.0 Å². The lowest BCUT2D eigenvalue weighted by molar-refractivity contribution is 0.469. The molecule has 0 aliphatic heterocycles. The van der Waals surface area contributed by atoms with Gasteiger partial charge >= 0.3 is 0 Å². The molecule has 2 aromatic rings. The largest absolute Gasteiger partial charge is 0.508 e. The van der Waals surface area contributed by atoms with Crippen molar-refractivity contribution < 1.29 is 5.11 Å². The van der Waals surface area contributed by atoms with Crippen LogP contribution >= 0.6 is 11.6 Å². The van der Waals surface area contributed by atoms with Crippen LogP contribution in [0.2, 0.25) is 5.15 Å². The Labute approximate surface area is 117 Å². The van der Waals surface area contributed by atoms with Gasteiger partial charge in [0, 0.05) is 24.6 Å². The quantitative estimate of drug-likeness (QED) is 0.823. The van der Waals surface area contributed by atoms with Crippen molar-refractivity contribution in [3.63, 3.8) is 0 Å². The predicted molar refractivity (Wildman–Crippen MR) is 76.5 cm³/mol. The fourth-order valence-corrected chi connectivity index (χ4v) is 1.94. The van der Waals surface area contributed by atoms with E-state index >= 15 is 0 Å². The van der Waals surface area contributed by atoms with Gasteiger partial charge in [0.2, 0.25) is 0 Å². The molecule has 2 rings (SSSR count). The third-order valence-corrected chi connectivity index (χ3v) is 2.86. The van der Waals surface area contributed by atoms with Crippen molar-refractivity contribution in [3.05, 3.63) is 46.9 Å². The number of para-hydroxylation sites is 1. The molecule has 2 N–H and O–H groups in total. The standard InChI is InChI=1S/C14H16ClN3O/c1-2-5-13-17-12(15)8-14(18-13)16-9-10-6-3-4-7-11(10)19/h3-4,6-8,19H,2,5,9H2,1H3,(H,16,17,18). The summed E-state index contributed by atoms with van der Waals surface area (Å²) < 4.78 is 0. The van der Waals surface area contributed by atoms with Crippen LogP contribution in [0.3, 0.4) is 0 Å².